The van der Waals surface area contributed by atoms with E-state index >= 15 is 0 Å². The molecule has 1 aliphatic rings. The fraction of sp³-hybridized carbons (Fsp3) is 0. The second kappa shape index (κ2) is 9.22. The topological polar surface area (TPSA) is 0 Å². The zero-order chi connectivity index (χ0) is 26.5. The van der Waals surface area contributed by atoms with Crippen molar-refractivity contribution < 1.29 is 0 Å². The van der Waals surface area contributed by atoms with Crippen LogP contribution in [0.3, 0.4) is 0 Å². The number of hydrogen-bond acceptors (Lipinski definition) is 0. The van der Waals surface area contributed by atoms with E-state index in [4.69, 9.17) is 0 Å². The molecule has 0 amide bonds. The van der Waals surface area contributed by atoms with Gasteiger partial charge in [-0.05, 0) is 83.6 Å². The minimum atomic E-state index is 1.23. The van der Waals surface area contributed by atoms with Gasteiger partial charge in [0.1, 0.15) is 0 Å². The Balaban J connectivity index is 1.55. The first-order valence-electron chi connectivity index (χ1n) is 13.9. The molecule has 0 aliphatic heterocycles. The first-order valence-corrected chi connectivity index (χ1v) is 13.9. The molecule has 0 saturated heterocycles. The Morgan fingerprint density at radius 3 is 1.27 bits per heavy atom. The quantitative estimate of drug-likeness (QED) is 0.223. The van der Waals surface area contributed by atoms with Crippen LogP contribution in [0.2, 0.25) is 0 Å². The number of benzene rings is 7. The molecule has 0 N–H and O–H groups in total. The maximum absolute atomic E-state index is 2.43. The van der Waals surface area contributed by atoms with E-state index in [1.165, 1.54) is 77.5 Å². The third-order valence-corrected chi connectivity index (χ3v) is 8.22. The summed E-state index contributed by atoms with van der Waals surface area (Å²) in [6.07, 6.45) is 0. The Bertz CT molecular complexity index is 2000. The van der Waals surface area contributed by atoms with Gasteiger partial charge in [0.05, 0.1) is 0 Å². The molecular weight excluding hydrogens is 480 g/mol. The molecule has 0 spiro atoms. The van der Waals surface area contributed by atoms with Crippen molar-refractivity contribution >= 4 is 10.8 Å². The largest absolute Gasteiger partial charge is 0.0622 e. The Labute approximate surface area is 234 Å². The fourth-order valence-corrected chi connectivity index (χ4v) is 6.52. The molecule has 0 aromatic heterocycles. The third-order valence-electron chi connectivity index (χ3n) is 8.22. The molecule has 0 fully saturated rings. The maximum Gasteiger partial charge on any atom is -0.000763 e. The molecular formula is C40H26. The highest BCUT2D eigenvalue weighted by atomic mass is 14.3. The number of rotatable bonds is 4. The lowest BCUT2D eigenvalue weighted by molar-refractivity contribution is 1.56. The van der Waals surface area contributed by atoms with E-state index in [9.17, 15) is 0 Å². The van der Waals surface area contributed by atoms with Crippen LogP contribution in [-0.2, 0) is 0 Å². The van der Waals surface area contributed by atoms with Crippen LogP contribution in [0.4, 0.5) is 0 Å². The van der Waals surface area contributed by atoms with E-state index in [0.717, 1.165) is 0 Å². The highest BCUT2D eigenvalue weighted by Crippen LogP contribution is 2.57. The Morgan fingerprint density at radius 2 is 0.700 bits per heavy atom. The van der Waals surface area contributed by atoms with Crippen molar-refractivity contribution in [2.75, 3.05) is 0 Å². The summed E-state index contributed by atoms with van der Waals surface area (Å²) in [4.78, 5) is 0. The van der Waals surface area contributed by atoms with Crippen molar-refractivity contribution in [1.29, 1.82) is 0 Å². The Morgan fingerprint density at radius 1 is 0.250 bits per heavy atom. The summed E-state index contributed by atoms with van der Waals surface area (Å²) in [5.41, 5.74) is 15.4. The van der Waals surface area contributed by atoms with Crippen LogP contribution in [0.1, 0.15) is 0 Å². The van der Waals surface area contributed by atoms with Crippen LogP contribution in [0.15, 0.2) is 158 Å². The normalized spacial score (nSPS) is 11.5. The van der Waals surface area contributed by atoms with E-state index < -0.39 is 0 Å². The zero-order valence-corrected chi connectivity index (χ0v) is 22.0. The maximum atomic E-state index is 2.43. The fourth-order valence-electron chi connectivity index (χ4n) is 6.52. The average molecular weight is 507 g/mol. The minimum absolute atomic E-state index is 1.23. The molecule has 0 atom stereocenters. The molecule has 186 valence electrons. The lowest BCUT2D eigenvalue weighted by atomic mass is 9.82. The minimum Gasteiger partial charge on any atom is -0.0622 e. The molecule has 0 heteroatoms. The molecule has 0 bridgehead atoms. The lowest BCUT2D eigenvalue weighted by Crippen LogP contribution is -1.94. The van der Waals surface area contributed by atoms with Gasteiger partial charge in [0.2, 0.25) is 0 Å². The lowest BCUT2D eigenvalue weighted by Gasteiger charge is -2.20. The first-order chi connectivity index (χ1) is 19.9. The standard InChI is InChI=1S/C40H26/c1-5-14-27(15-6-1)31-24-25-34-38-32(31)22-13-23-33(38)40-37(30-20-11-4-12-21-30)35(28-16-7-2-8-17-28)26-36(39(34)40)29-18-9-3-10-19-29/h1-26H. The second-order valence-electron chi connectivity index (χ2n) is 10.4. The van der Waals surface area contributed by atoms with Crippen LogP contribution in [-0.4, -0.2) is 0 Å². The molecule has 0 unspecified atom stereocenters. The molecule has 0 radical (unpaired) electrons. The van der Waals surface area contributed by atoms with Crippen LogP contribution in [0, 0.1) is 0 Å². The van der Waals surface area contributed by atoms with Crippen molar-refractivity contribution in [2.24, 2.45) is 0 Å². The highest BCUT2D eigenvalue weighted by Gasteiger charge is 2.30. The average Bonchev–Trinajstić information content (AvgIpc) is 3.38. The molecule has 1 aliphatic carbocycles. The van der Waals surface area contributed by atoms with Gasteiger partial charge in [0.25, 0.3) is 0 Å². The highest BCUT2D eigenvalue weighted by molar-refractivity contribution is 6.24. The monoisotopic (exact) mass is 506 g/mol. The molecule has 0 heterocycles. The van der Waals surface area contributed by atoms with Crippen LogP contribution in [0.25, 0.3) is 77.5 Å². The van der Waals surface area contributed by atoms with Crippen LogP contribution >= 0.6 is 0 Å². The summed E-state index contributed by atoms with van der Waals surface area (Å²) in [7, 11) is 0. The van der Waals surface area contributed by atoms with Crippen molar-refractivity contribution in [3.8, 4) is 66.8 Å². The molecule has 8 rings (SSSR count). The molecule has 7 aromatic carbocycles. The molecule has 0 saturated carbocycles. The van der Waals surface area contributed by atoms with Gasteiger partial charge in [-0.3, -0.25) is 0 Å². The van der Waals surface area contributed by atoms with Crippen molar-refractivity contribution in [2.45, 2.75) is 0 Å². The summed E-state index contributed by atoms with van der Waals surface area (Å²) in [5.74, 6) is 0. The van der Waals surface area contributed by atoms with Gasteiger partial charge in [0.15, 0.2) is 0 Å². The zero-order valence-electron chi connectivity index (χ0n) is 22.0. The van der Waals surface area contributed by atoms with Crippen molar-refractivity contribution in [3.63, 3.8) is 0 Å². The summed E-state index contributed by atoms with van der Waals surface area (Å²) in [5, 5.41) is 2.65. The van der Waals surface area contributed by atoms with E-state index in [2.05, 4.69) is 158 Å². The van der Waals surface area contributed by atoms with Gasteiger partial charge in [0, 0.05) is 0 Å². The predicted octanol–water partition coefficient (Wildman–Crippen LogP) is 11.2. The van der Waals surface area contributed by atoms with Crippen molar-refractivity contribution in [3.05, 3.63) is 158 Å². The first kappa shape index (κ1) is 22.8. The van der Waals surface area contributed by atoms with Gasteiger partial charge in [-0.25, -0.2) is 0 Å². The van der Waals surface area contributed by atoms with E-state index in [-0.39, 0.29) is 0 Å². The van der Waals surface area contributed by atoms with Gasteiger partial charge in [-0.2, -0.15) is 0 Å². The van der Waals surface area contributed by atoms with Crippen molar-refractivity contribution in [1.82, 2.24) is 0 Å². The Kier molecular flexibility index (Phi) is 5.24. The van der Waals surface area contributed by atoms with Crippen LogP contribution in [0.5, 0.6) is 0 Å². The smallest absolute Gasteiger partial charge is 0.000763 e. The SMILES string of the molecule is c1ccc(-c2cc(-c3ccccc3)c3c(c2-c2ccccc2)-c2cccc4c(-c5ccccc5)ccc-3c24)cc1. The van der Waals surface area contributed by atoms with E-state index in [1.54, 1.807) is 0 Å². The predicted molar refractivity (Wildman–Crippen MR) is 170 cm³/mol. The molecule has 40 heavy (non-hydrogen) atoms. The molecule has 7 aromatic rings. The molecule has 0 nitrogen and oxygen atoms in total. The van der Waals surface area contributed by atoms with Gasteiger partial charge >= 0.3 is 0 Å². The van der Waals surface area contributed by atoms with E-state index in [1.807, 2.05) is 0 Å². The van der Waals surface area contributed by atoms with Gasteiger partial charge < -0.3 is 0 Å². The summed E-state index contributed by atoms with van der Waals surface area (Å²) in [6, 6.07) is 57.3. The third kappa shape index (κ3) is 3.47. The van der Waals surface area contributed by atoms with Gasteiger partial charge in [-0.1, -0.05) is 152 Å². The number of hydrogen-bond donors (Lipinski definition) is 0. The second-order valence-corrected chi connectivity index (χ2v) is 10.4. The Hall–Kier alpha value is -5.20. The van der Waals surface area contributed by atoms with Crippen LogP contribution < -0.4 is 0 Å². The van der Waals surface area contributed by atoms with Gasteiger partial charge in [-0.15, -0.1) is 0 Å². The van der Waals surface area contributed by atoms with E-state index in [0.29, 0.717) is 0 Å². The number of fused-ring (bicyclic) bond motifs is 3. The summed E-state index contributed by atoms with van der Waals surface area (Å²) < 4.78 is 0. The summed E-state index contributed by atoms with van der Waals surface area (Å²) in [6.45, 7) is 0. The summed E-state index contributed by atoms with van der Waals surface area (Å²) >= 11 is 0.